The van der Waals surface area contributed by atoms with Crippen molar-refractivity contribution in [3.63, 3.8) is 0 Å². The number of amides is 1. The van der Waals surface area contributed by atoms with Gasteiger partial charge in [0.25, 0.3) is 5.91 Å². The van der Waals surface area contributed by atoms with Crippen LogP contribution in [0.15, 0.2) is 48.5 Å². The van der Waals surface area contributed by atoms with E-state index in [1.165, 1.54) is 23.3 Å². The molecule has 1 amide bonds. The summed E-state index contributed by atoms with van der Waals surface area (Å²) in [5.74, 6) is 0.148. The van der Waals surface area contributed by atoms with Crippen LogP contribution in [0, 0.1) is 11.7 Å². The van der Waals surface area contributed by atoms with Gasteiger partial charge in [0.05, 0.1) is 0 Å². The number of aryl methyl sites for hydroxylation is 1. The van der Waals surface area contributed by atoms with Crippen molar-refractivity contribution in [1.29, 1.82) is 0 Å². The van der Waals surface area contributed by atoms with Gasteiger partial charge in [0.2, 0.25) is 0 Å². The fourth-order valence-electron chi connectivity index (χ4n) is 2.88. The largest absolute Gasteiger partial charge is 0.347 e. The molecule has 0 aliphatic carbocycles. The smallest absolute Gasteiger partial charge is 0.275 e. The minimum Gasteiger partial charge on any atom is -0.347 e. The van der Waals surface area contributed by atoms with Gasteiger partial charge in [-0.25, -0.2) is 4.39 Å². The van der Waals surface area contributed by atoms with Gasteiger partial charge in [0.15, 0.2) is 6.54 Å². The number of halogens is 1. The molecule has 0 unspecified atom stereocenters. The first-order chi connectivity index (χ1) is 12.0. The molecule has 0 aliphatic heterocycles. The lowest BCUT2D eigenvalue weighted by Gasteiger charge is -2.20. The molecule has 25 heavy (non-hydrogen) atoms. The third-order valence-corrected chi connectivity index (χ3v) is 4.45. The predicted molar refractivity (Wildman–Crippen MR) is 98.4 cm³/mol. The van der Waals surface area contributed by atoms with Crippen molar-refractivity contribution < 1.29 is 14.5 Å². The standard InChI is InChI=1S/C21H27FN2O/c1-4-16-5-9-18(10-6-16)21(15(2)3)24-14-20(25)23-13-17-7-11-19(22)12-8-17/h5-12,15,21,24H,4,13-14H2,1-3H3,(H,23,25)/p+1/t21-/m0/s1. The molecule has 0 saturated carbocycles. The van der Waals surface area contributed by atoms with Gasteiger partial charge in [0, 0.05) is 18.0 Å². The molecule has 134 valence electrons. The Morgan fingerprint density at radius 3 is 2.20 bits per heavy atom. The zero-order valence-corrected chi connectivity index (χ0v) is 15.3. The fraction of sp³-hybridized carbons (Fsp3) is 0.381. The number of quaternary nitrogens is 1. The fourth-order valence-corrected chi connectivity index (χ4v) is 2.88. The molecule has 0 bridgehead atoms. The summed E-state index contributed by atoms with van der Waals surface area (Å²) in [6.07, 6.45) is 1.03. The molecule has 0 spiro atoms. The molecule has 2 rings (SSSR count). The Kier molecular flexibility index (Phi) is 7.14. The molecule has 3 nitrogen and oxygen atoms in total. The van der Waals surface area contributed by atoms with Gasteiger partial charge < -0.3 is 10.6 Å². The minimum absolute atomic E-state index is 0.0137. The highest BCUT2D eigenvalue weighted by atomic mass is 19.1. The van der Waals surface area contributed by atoms with Gasteiger partial charge in [-0.3, -0.25) is 4.79 Å². The van der Waals surface area contributed by atoms with Crippen LogP contribution >= 0.6 is 0 Å². The number of carbonyl (C=O) groups is 1. The highest BCUT2D eigenvalue weighted by molar-refractivity contribution is 5.76. The predicted octanol–water partition coefficient (Wildman–Crippen LogP) is 2.97. The van der Waals surface area contributed by atoms with Crippen LogP contribution in [0.3, 0.4) is 0 Å². The van der Waals surface area contributed by atoms with E-state index in [0.29, 0.717) is 19.0 Å². The van der Waals surface area contributed by atoms with Crippen LogP contribution in [0.25, 0.3) is 0 Å². The Labute approximate surface area is 149 Å². The first-order valence-electron chi connectivity index (χ1n) is 8.93. The van der Waals surface area contributed by atoms with Crippen molar-refractivity contribution in [3.8, 4) is 0 Å². The summed E-state index contributed by atoms with van der Waals surface area (Å²) < 4.78 is 12.9. The molecule has 0 radical (unpaired) electrons. The maximum atomic E-state index is 12.9. The quantitative estimate of drug-likeness (QED) is 0.760. The summed E-state index contributed by atoms with van der Waals surface area (Å²) in [5.41, 5.74) is 3.46. The molecule has 3 N–H and O–H groups in total. The highest BCUT2D eigenvalue weighted by Gasteiger charge is 2.20. The van der Waals surface area contributed by atoms with Gasteiger partial charge in [0.1, 0.15) is 11.9 Å². The van der Waals surface area contributed by atoms with E-state index < -0.39 is 0 Å². The second-order valence-corrected chi connectivity index (χ2v) is 6.71. The van der Waals surface area contributed by atoms with Crippen molar-refractivity contribution in [2.45, 2.75) is 39.8 Å². The Morgan fingerprint density at radius 2 is 1.64 bits per heavy atom. The summed E-state index contributed by atoms with van der Waals surface area (Å²) >= 11 is 0. The molecule has 0 heterocycles. The maximum Gasteiger partial charge on any atom is 0.275 e. The second kappa shape index (κ2) is 9.33. The first-order valence-corrected chi connectivity index (χ1v) is 8.93. The molecule has 0 fully saturated rings. The van der Waals surface area contributed by atoms with Gasteiger partial charge >= 0.3 is 0 Å². The molecule has 0 aromatic heterocycles. The van der Waals surface area contributed by atoms with Crippen molar-refractivity contribution in [3.05, 3.63) is 71.0 Å². The number of nitrogens with one attached hydrogen (secondary N) is 1. The van der Waals surface area contributed by atoms with E-state index in [4.69, 9.17) is 0 Å². The van der Waals surface area contributed by atoms with E-state index in [1.54, 1.807) is 12.1 Å². The Morgan fingerprint density at radius 1 is 1.04 bits per heavy atom. The van der Waals surface area contributed by atoms with Gasteiger partial charge in [-0.1, -0.05) is 57.2 Å². The molecular formula is C21H28FN2O+. The molecule has 1 atom stereocenters. The molecule has 0 saturated heterocycles. The van der Waals surface area contributed by atoms with Crippen molar-refractivity contribution in [1.82, 2.24) is 5.32 Å². The van der Waals surface area contributed by atoms with Gasteiger partial charge in [-0.15, -0.1) is 0 Å². The van der Waals surface area contributed by atoms with Crippen molar-refractivity contribution in [2.75, 3.05) is 6.54 Å². The van der Waals surface area contributed by atoms with Crippen LogP contribution < -0.4 is 10.6 Å². The third-order valence-electron chi connectivity index (χ3n) is 4.45. The number of carbonyl (C=O) groups excluding carboxylic acids is 1. The van der Waals surface area contributed by atoms with Crippen LogP contribution in [0.4, 0.5) is 4.39 Å². The van der Waals surface area contributed by atoms with Gasteiger partial charge in [-0.05, 0) is 29.7 Å². The summed E-state index contributed by atoms with van der Waals surface area (Å²) in [6.45, 7) is 7.28. The Balaban J connectivity index is 1.87. The van der Waals surface area contributed by atoms with E-state index >= 15 is 0 Å². The summed E-state index contributed by atoms with van der Waals surface area (Å²) in [5, 5.41) is 4.98. The molecule has 0 aliphatic rings. The Hall–Kier alpha value is -2.20. The molecular weight excluding hydrogens is 315 g/mol. The van der Waals surface area contributed by atoms with E-state index in [9.17, 15) is 9.18 Å². The average molecular weight is 343 g/mol. The number of hydrogen-bond acceptors (Lipinski definition) is 1. The molecule has 2 aromatic carbocycles. The van der Waals surface area contributed by atoms with E-state index in [-0.39, 0.29) is 17.8 Å². The number of hydrogen-bond donors (Lipinski definition) is 2. The summed E-state index contributed by atoms with van der Waals surface area (Å²) in [7, 11) is 0. The Bertz CT molecular complexity index is 665. The normalized spacial score (nSPS) is 12.2. The molecule has 4 heteroatoms. The van der Waals surface area contributed by atoms with Crippen LogP contribution in [-0.2, 0) is 17.8 Å². The first kappa shape index (κ1) is 19.1. The SMILES string of the molecule is CCc1ccc([C@@H]([NH2+]CC(=O)NCc2ccc(F)cc2)C(C)C)cc1. The second-order valence-electron chi connectivity index (χ2n) is 6.71. The maximum absolute atomic E-state index is 12.9. The lowest BCUT2D eigenvalue weighted by Crippen LogP contribution is -2.88. The summed E-state index contributed by atoms with van der Waals surface area (Å²) in [6, 6.07) is 15.1. The zero-order chi connectivity index (χ0) is 18.2. The number of rotatable bonds is 8. The van der Waals surface area contributed by atoms with Gasteiger partial charge in [-0.2, -0.15) is 0 Å². The summed E-state index contributed by atoms with van der Waals surface area (Å²) in [4.78, 5) is 12.1. The lowest BCUT2D eigenvalue weighted by molar-refractivity contribution is -0.692. The average Bonchev–Trinajstić information content (AvgIpc) is 2.61. The van der Waals surface area contributed by atoms with Crippen LogP contribution in [0.5, 0.6) is 0 Å². The van der Waals surface area contributed by atoms with Crippen molar-refractivity contribution >= 4 is 5.91 Å². The van der Waals surface area contributed by atoms with Crippen LogP contribution in [-0.4, -0.2) is 12.5 Å². The zero-order valence-electron chi connectivity index (χ0n) is 15.3. The van der Waals surface area contributed by atoms with Crippen LogP contribution in [0.1, 0.15) is 43.5 Å². The van der Waals surface area contributed by atoms with E-state index in [2.05, 4.69) is 55.7 Å². The topological polar surface area (TPSA) is 45.7 Å². The molecule has 2 aromatic rings. The highest BCUT2D eigenvalue weighted by Crippen LogP contribution is 2.18. The third kappa shape index (κ3) is 5.98. The van der Waals surface area contributed by atoms with Crippen molar-refractivity contribution in [2.24, 2.45) is 5.92 Å². The van der Waals surface area contributed by atoms with E-state index in [0.717, 1.165) is 12.0 Å². The monoisotopic (exact) mass is 343 g/mol. The number of benzene rings is 2. The minimum atomic E-state index is -0.266. The number of nitrogens with two attached hydrogens (primary N) is 1. The lowest BCUT2D eigenvalue weighted by atomic mass is 9.95. The van der Waals surface area contributed by atoms with Crippen LogP contribution in [0.2, 0.25) is 0 Å². The van der Waals surface area contributed by atoms with E-state index in [1.807, 2.05) is 0 Å².